The van der Waals surface area contributed by atoms with Gasteiger partial charge in [-0.2, -0.15) is 10.5 Å². The van der Waals surface area contributed by atoms with E-state index in [0.717, 1.165) is 29.7 Å². The minimum atomic E-state index is -0.000486. The lowest BCUT2D eigenvalue weighted by Crippen LogP contribution is -2.54. The summed E-state index contributed by atoms with van der Waals surface area (Å²) in [5.41, 5.74) is 3.32. The molecule has 2 aromatic rings. The Morgan fingerprint density at radius 2 is 1.94 bits per heavy atom. The van der Waals surface area contributed by atoms with Crippen LogP contribution < -0.4 is 9.64 Å². The van der Waals surface area contributed by atoms with Gasteiger partial charge in [-0.05, 0) is 31.9 Å². The number of nitriles is 2. The molecule has 0 aromatic carbocycles. The number of amides is 1. The molecule has 1 saturated carbocycles. The van der Waals surface area contributed by atoms with Crippen LogP contribution in [0.3, 0.4) is 0 Å². The van der Waals surface area contributed by atoms with Gasteiger partial charge in [-0.1, -0.05) is 0 Å². The van der Waals surface area contributed by atoms with Crippen LogP contribution in [-0.2, 0) is 9.53 Å². The second-order valence-electron chi connectivity index (χ2n) is 8.70. The summed E-state index contributed by atoms with van der Waals surface area (Å²) >= 11 is 0. The number of piperazine rings is 1. The van der Waals surface area contributed by atoms with Gasteiger partial charge >= 0.3 is 0 Å². The summed E-state index contributed by atoms with van der Waals surface area (Å²) in [5, 5.41) is 19.4. The van der Waals surface area contributed by atoms with Crippen molar-refractivity contribution in [3.05, 3.63) is 35.2 Å². The van der Waals surface area contributed by atoms with Crippen LogP contribution in [0.4, 0.5) is 5.82 Å². The summed E-state index contributed by atoms with van der Waals surface area (Å²) in [5.74, 6) is 1.34. The molecule has 2 aromatic heterocycles. The van der Waals surface area contributed by atoms with Gasteiger partial charge in [-0.15, -0.1) is 0 Å². The molecule has 1 unspecified atom stereocenters. The Morgan fingerprint density at radius 3 is 2.56 bits per heavy atom. The lowest BCUT2D eigenvalue weighted by Gasteiger charge is -2.41. The van der Waals surface area contributed by atoms with E-state index >= 15 is 0 Å². The predicted molar refractivity (Wildman–Crippen MR) is 125 cm³/mol. The Bertz CT molecular complexity index is 1160. The van der Waals surface area contributed by atoms with Gasteiger partial charge in [-0.3, -0.25) is 4.79 Å². The lowest BCUT2D eigenvalue weighted by molar-refractivity contribution is -0.134. The molecule has 34 heavy (non-hydrogen) atoms. The number of carbonyl (C=O) groups excluding carboxylic acids is 1. The topological polar surface area (TPSA) is 115 Å². The SMILES string of the molecule is COCCC(=O)N1CCN(c2nc(C3CC3)c(-c3cnc(OC)c(C#N)c3)cc2C#N)CC1C. The summed E-state index contributed by atoms with van der Waals surface area (Å²) in [7, 11) is 3.07. The Hall–Kier alpha value is -3.69. The number of anilines is 1. The third-order valence-electron chi connectivity index (χ3n) is 6.36. The summed E-state index contributed by atoms with van der Waals surface area (Å²) in [6.07, 6.45) is 4.11. The van der Waals surface area contributed by atoms with Crippen LogP contribution in [0.1, 0.15) is 48.9 Å². The van der Waals surface area contributed by atoms with Crippen LogP contribution in [0.5, 0.6) is 5.88 Å². The molecular formula is C25H28N6O3. The van der Waals surface area contributed by atoms with Gasteiger partial charge < -0.3 is 19.3 Å². The molecule has 1 saturated heterocycles. The molecule has 2 aliphatic rings. The highest BCUT2D eigenvalue weighted by Gasteiger charge is 2.33. The first-order valence-electron chi connectivity index (χ1n) is 11.4. The normalized spacial score (nSPS) is 17.7. The number of pyridine rings is 2. The van der Waals surface area contributed by atoms with E-state index in [1.807, 2.05) is 17.9 Å². The van der Waals surface area contributed by atoms with Crippen LogP contribution in [0.2, 0.25) is 0 Å². The zero-order valence-electron chi connectivity index (χ0n) is 19.7. The van der Waals surface area contributed by atoms with Crippen molar-refractivity contribution in [3.63, 3.8) is 0 Å². The van der Waals surface area contributed by atoms with Gasteiger partial charge in [0.05, 0.1) is 31.4 Å². The number of hydrogen-bond acceptors (Lipinski definition) is 8. The monoisotopic (exact) mass is 460 g/mol. The maximum Gasteiger partial charge on any atom is 0.231 e. The fourth-order valence-electron chi connectivity index (χ4n) is 4.44. The molecule has 1 aliphatic heterocycles. The van der Waals surface area contributed by atoms with E-state index in [2.05, 4.69) is 22.0 Å². The first-order valence-corrected chi connectivity index (χ1v) is 11.4. The Kier molecular flexibility index (Phi) is 6.95. The van der Waals surface area contributed by atoms with Gasteiger partial charge in [0, 0.05) is 56.0 Å². The molecule has 9 nitrogen and oxygen atoms in total. The van der Waals surface area contributed by atoms with E-state index in [1.54, 1.807) is 19.4 Å². The molecule has 1 aliphatic carbocycles. The molecule has 1 atom stereocenters. The van der Waals surface area contributed by atoms with E-state index in [9.17, 15) is 15.3 Å². The number of carbonyl (C=O) groups is 1. The second kappa shape index (κ2) is 10.1. The van der Waals surface area contributed by atoms with Crippen LogP contribution in [0.25, 0.3) is 11.1 Å². The van der Waals surface area contributed by atoms with E-state index in [0.29, 0.717) is 55.5 Å². The van der Waals surface area contributed by atoms with Crippen LogP contribution >= 0.6 is 0 Å². The highest BCUT2D eigenvalue weighted by atomic mass is 16.5. The zero-order valence-corrected chi connectivity index (χ0v) is 19.7. The van der Waals surface area contributed by atoms with E-state index in [1.165, 1.54) is 7.11 Å². The molecule has 0 radical (unpaired) electrons. The maximum atomic E-state index is 12.5. The third-order valence-corrected chi connectivity index (χ3v) is 6.36. The van der Waals surface area contributed by atoms with Crippen molar-refractivity contribution < 1.29 is 14.3 Å². The average molecular weight is 461 g/mol. The summed E-state index contributed by atoms with van der Waals surface area (Å²) < 4.78 is 10.2. The van der Waals surface area contributed by atoms with Crippen molar-refractivity contribution in [1.82, 2.24) is 14.9 Å². The number of nitrogens with zero attached hydrogens (tertiary/aromatic N) is 6. The average Bonchev–Trinajstić information content (AvgIpc) is 3.71. The summed E-state index contributed by atoms with van der Waals surface area (Å²) in [6, 6.07) is 8.03. The molecule has 0 N–H and O–H groups in total. The van der Waals surface area contributed by atoms with Gasteiger partial charge in [0.15, 0.2) is 0 Å². The number of ether oxygens (including phenoxy) is 2. The van der Waals surface area contributed by atoms with Gasteiger partial charge in [-0.25, -0.2) is 9.97 Å². The zero-order chi connectivity index (χ0) is 24.2. The number of rotatable bonds is 7. The molecule has 3 heterocycles. The number of hydrogen-bond donors (Lipinski definition) is 0. The van der Waals surface area contributed by atoms with Gasteiger partial charge in [0.25, 0.3) is 0 Å². The Labute approximate surface area is 199 Å². The molecule has 0 bridgehead atoms. The molecule has 2 fully saturated rings. The largest absolute Gasteiger partial charge is 0.480 e. The third kappa shape index (κ3) is 4.66. The summed E-state index contributed by atoms with van der Waals surface area (Å²) in [6.45, 7) is 4.21. The van der Waals surface area contributed by atoms with Crippen molar-refractivity contribution in [2.45, 2.75) is 38.1 Å². The fourth-order valence-corrected chi connectivity index (χ4v) is 4.44. The second-order valence-corrected chi connectivity index (χ2v) is 8.70. The Morgan fingerprint density at radius 1 is 1.18 bits per heavy atom. The highest BCUT2D eigenvalue weighted by molar-refractivity contribution is 5.77. The number of aromatic nitrogens is 2. The fraction of sp³-hybridized carbons (Fsp3) is 0.480. The van der Waals surface area contributed by atoms with E-state index in [-0.39, 0.29) is 17.8 Å². The molecular weight excluding hydrogens is 432 g/mol. The minimum Gasteiger partial charge on any atom is -0.480 e. The van der Waals surface area contributed by atoms with Crippen LogP contribution in [0.15, 0.2) is 18.3 Å². The molecule has 4 rings (SSSR count). The standard InChI is InChI=1S/C25H28N6O3/c1-16-15-30(7-8-31(16)22(32)6-9-33-2)24-18(12-26)11-21(23(29-24)17-4-5-17)20-10-19(13-27)25(34-3)28-14-20/h10-11,14,16-17H,4-9,15H2,1-3H3. The van der Waals surface area contributed by atoms with Crippen molar-refractivity contribution in [1.29, 1.82) is 10.5 Å². The molecule has 0 spiro atoms. The highest BCUT2D eigenvalue weighted by Crippen LogP contribution is 2.45. The Balaban J connectivity index is 1.66. The van der Waals surface area contributed by atoms with E-state index < -0.39 is 0 Å². The maximum absolute atomic E-state index is 12.5. The van der Waals surface area contributed by atoms with Crippen molar-refractivity contribution in [2.24, 2.45) is 0 Å². The predicted octanol–water partition coefficient (Wildman–Crippen LogP) is 2.85. The number of methoxy groups -OCH3 is 2. The quantitative estimate of drug-likeness (QED) is 0.619. The first-order chi connectivity index (χ1) is 16.5. The van der Waals surface area contributed by atoms with Crippen LogP contribution in [0, 0.1) is 22.7 Å². The molecule has 9 heteroatoms. The lowest BCUT2D eigenvalue weighted by atomic mass is 9.99. The minimum absolute atomic E-state index is 0.000486. The van der Waals surface area contributed by atoms with E-state index in [4.69, 9.17) is 14.5 Å². The van der Waals surface area contributed by atoms with Crippen LogP contribution in [-0.4, -0.2) is 67.3 Å². The summed E-state index contributed by atoms with van der Waals surface area (Å²) in [4.78, 5) is 25.8. The molecule has 176 valence electrons. The van der Waals surface area contributed by atoms with Gasteiger partial charge in [0.1, 0.15) is 23.5 Å². The van der Waals surface area contributed by atoms with Crippen molar-refractivity contribution in [3.8, 4) is 29.1 Å². The van der Waals surface area contributed by atoms with Gasteiger partial charge in [0.2, 0.25) is 11.8 Å². The van der Waals surface area contributed by atoms with Crippen molar-refractivity contribution in [2.75, 3.05) is 45.4 Å². The first kappa shape index (κ1) is 23.5. The smallest absolute Gasteiger partial charge is 0.231 e. The molecule has 1 amide bonds. The van der Waals surface area contributed by atoms with Crippen molar-refractivity contribution >= 4 is 11.7 Å².